The maximum atomic E-state index is 12.5. The van der Waals surface area contributed by atoms with Crippen LogP contribution in [0.15, 0.2) is 41.7 Å². The number of carbonyl (C=O) groups excluding carboxylic acids is 1. The molecule has 16 heteroatoms. The van der Waals surface area contributed by atoms with Gasteiger partial charge in [-0.3, -0.25) is 9.36 Å². The van der Waals surface area contributed by atoms with Gasteiger partial charge in [0.05, 0.1) is 19.0 Å². The number of aliphatic hydroxyl groups is 2. The van der Waals surface area contributed by atoms with Gasteiger partial charge in [-0.25, -0.2) is 15.1 Å². The maximum absolute atomic E-state index is 12.5. The molecule has 2 aromatic rings. The van der Waals surface area contributed by atoms with Gasteiger partial charge < -0.3 is 44.5 Å². The number of guanidine groups is 1. The molecule has 1 aromatic carbocycles. The van der Waals surface area contributed by atoms with Crippen LogP contribution in [0.1, 0.15) is 45.8 Å². The van der Waals surface area contributed by atoms with Gasteiger partial charge in [-0.05, 0) is 51.6 Å². The molecule has 1 saturated heterocycles. The number of anilines is 1. The predicted octanol–water partition coefficient (Wildman–Crippen LogP) is 1.53. The second-order valence-corrected chi connectivity index (χ2v) is 13.0. The Bertz CT molecular complexity index is 1280. The second-order valence-electron chi connectivity index (χ2n) is 9.84. The first-order valence-electron chi connectivity index (χ1n) is 12.6. The van der Waals surface area contributed by atoms with Crippen molar-refractivity contribution in [3.05, 3.63) is 42.4 Å². The number of para-hydroxylation sites is 1. The first-order valence-corrected chi connectivity index (χ1v) is 15.2. The maximum Gasteiger partial charge on any atom is 0.323 e. The van der Waals surface area contributed by atoms with E-state index in [2.05, 4.69) is 20.4 Å². The summed E-state index contributed by atoms with van der Waals surface area (Å²) >= 11 is 5.73. The largest absolute Gasteiger partial charge is 0.462 e. The fraction of sp³-hybridized carbons (Fsp3) is 0.542. The number of aliphatic imine (C=N–C) groups is 1. The summed E-state index contributed by atoms with van der Waals surface area (Å²) in [6, 6.07) is 7.89. The Morgan fingerprint density at radius 3 is 2.70 bits per heavy atom. The van der Waals surface area contributed by atoms with E-state index in [0.717, 1.165) is 0 Å². The summed E-state index contributed by atoms with van der Waals surface area (Å²) in [5.41, 5.74) is 4.55. The Morgan fingerprint density at radius 2 is 2.05 bits per heavy atom. The molecule has 0 amide bonds. The second kappa shape index (κ2) is 12.1. The molecule has 0 spiro atoms. The van der Waals surface area contributed by atoms with Crippen molar-refractivity contribution in [3.63, 3.8) is 0 Å². The van der Waals surface area contributed by atoms with Crippen molar-refractivity contribution in [3.8, 4) is 5.75 Å². The Morgan fingerprint density at radius 1 is 1.35 bits per heavy atom. The minimum atomic E-state index is -3.41. The number of aromatic nitrogens is 2. The smallest absolute Gasteiger partial charge is 0.323 e. The van der Waals surface area contributed by atoms with Crippen molar-refractivity contribution in [2.24, 2.45) is 10.7 Å². The number of benzene rings is 1. The van der Waals surface area contributed by atoms with Gasteiger partial charge >= 0.3 is 12.6 Å². The van der Waals surface area contributed by atoms with Gasteiger partial charge in [0.25, 0.3) is 0 Å². The van der Waals surface area contributed by atoms with Crippen LogP contribution < -0.4 is 20.7 Å². The van der Waals surface area contributed by atoms with Crippen LogP contribution in [0.4, 0.5) is 5.82 Å². The highest BCUT2D eigenvalue weighted by molar-refractivity contribution is 8.09. The lowest BCUT2D eigenvalue weighted by Gasteiger charge is -2.29. The third kappa shape index (κ3) is 6.47. The van der Waals surface area contributed by atoms with Crippen molar-refractivity contribution in [1.29, 1.82) is 0 Å². The van der Waals surface area contributed by atoms with Crippen molar-refractivity contribution in [1.82, 2.24) is 14.6 Å². The Hall–Kier alpha value is -2.62. The molecule has 40 heavy (non-hydrogen) atoms. The molecule has 0 saturated carbocycles. The number of rotatable bonds is 11. The molecule has 1 fully saturated rings. The van der Waals surface area contributed by atoms with Crippen LogP contribution in [0.3, 0.4) is 0 Å². The van der Waals surface area contributed by atoms with E-state index >= 15 is 0 Å². The van der Waals surface area contributed by atoms with Crippen LogP contribution in [0.2, 0.25) is 0 Å². The zero-order valence-electron chi connectivity index (χ0n) is 22.8. The monoisotopic (exact) mass is 598 g/mol. The van der Waals surface area contributed by atoms with E-state index in [1.54, 1.807) is 45.0 Å². The van der Waals surface area contributed by atoms with Crippen LogP contribution in [-0.4, -0.2) is 75.4 Å². The van der Waals surface area contributed by atoms with Crippen molar-refractivity contribution >= 4 is 36.2 Å². The molecule has 7 atom stereocenters. The van der Waals surface area contributed by atoms with E-state index in [4.69, 9.17) is 40.8 Å². The third-order valence-electron chi connectivity index (χ3n) is 6.22. The normalized spacial score (nSPS) is 28.2. The molecule has 0 bridgehead atoms. The number of esters is 1. The molecule has 2 aliphatic heterocycles. The zero-order chi connectivity index (χ0) is 29.2. The van der Waals surface area contributed by atoms with Crippen LogP contribution in [0, 0.1) is 0 Å². The quantitative estimate of drug-likeness (QED) is 0.186. The van der Waals surface area contributed by atoms with Crippen LogP contribution in [0.5, 0.6) is 5.75 Å². The number of carbonyl (C=O) groups is 1. The van der Waals surface area contributed by atoms with E-state index in [0.29, 0.717) is 17.3 Å². The Balaban J connectivity index is 1.53. The SMILES string of the molecule is COC1N=C(N)Nc2c1ncn2C1OC(COP(=S)(NC(C)C(=O)OC(C)C)Oc2ccccc2)C(O)C1(C)O. The number of aliphatic hydroxyl groups excluding tert-OH is 1. The molecule has 14 nitrogen and oxygen atoms in total. The highest BCUT2D eigenvalue weighted by atomic mass is 32.5. The summed E-state index contributed by atoms with van der Waals surface area (Å²) < 4.78 is 30.2. The lowest BCUT2D eigenvalue weighted by molar-refractivity contribution is -0.149. The number of imidazole rings is 1. The number of hydrogen-bond acceptors (Lipinski definition) is 13. The standard InChI is InChI=1S/C24H35N6O8PS/c1-13(2)36-21(32)14(3)29-39(40,38-15-9-7-6-8-10-15)35-11-16-18(31)24(4,33)22(37-16)30-12-26-17-19(30)27-23(25)28-20(17)34-5/h6-10,12-14,16,18,20,22,31,33H,11H2,1-5H3,(H,29,40)(H3,25,27,28). The van der Waals surface area contributed by atoms with Gasteiger partial charge in [0.1, 0.15) is 41.1 Å². The molecule has 220 valence electrons. The predicted molar refractivity (Wildman–Crippen MR) is 149 cm³/mol. The molecule has 7 unspecified atom stereocenters. The van der Waals surface area contributed by atoms with Gasteiger partial charge in [-0.15, -0.1) is 0 Å². The molecule has 2 aliphatic rings. The molecular formula is C24H35N6O8PS. The lowest BCUT2D eigenvalue weighted by Crippen LogP contribution is -2.45. The van der Waals surface area contributed by atoms with E-state index < -0.39 is 48.9 Å². The van der Waals surface area contributed by atoms with Gasteiger partial charge in [0.15, 0.2) is 18.4 Å². The molecular weight excluding hydrogens is 563 g/mol. The van der Waals surface area contributed by atoms with Crippen molar-refractivity contribution in [2.45, 2.75) is 70.1 Å². The number of ether oxygens (including phenoxy) is 3. The highest BCUT2D eigenvalue weighted by Crippen LogP contribution is 2.48. The molecule has 0 aliphatic carbocycles. The molecule has 3 heterocycles. The molecule has 6 N–H and O–H groups in total. The van der Waals surface area contributed by atoms with E-state index in [-0.39, 0.29) is 18.7 Å². The third-order valence-corrected chi connectivity index (χ3v) is 8.72. The number of nitrogens with one attached hydrogen (secondary N) is 2. The van der Waals surface area contributed by atoms with Crippen molar-refractivity contribution < 1.29 is 38.3 Å². The number of methoxy groups -OCH3 is 1. The number of fused-ring (bicyclic) bond motifs is 1. The first kappa shape index (κ1) is 30.3. The Kier molecular flexibility index (Phi) is 9.17. The number of hydrogen-bond donors (Lipinski definition) is 5. The first-order chi connectivity index (χ1) is 18.8. The van der Waals surface area contributed by atoms with Gasteiger partial charge in [0, 0.05) is 7.11 Å². The summed E-state index contributed by atoms with van der Waals surface area (Å²) in [5.74, 6) is 0.381. The fourth-order valence-corrected chi connectivity index (χ4v) is 6.67. The average molecular weight is 599 g/mol. The average Bonchev–Trinajstić information content (AvgIpc) is 3.40. The van der Waals surface area contributed by atoms with Gasteiger partial charge in [-0.1, -0.05) is 18.2 Å². The van der Waals surface area contributed by atoms with E-state index in [1.165, 1.54) is 24.9 Å². The number of nitrogens with zero attached hydrogens (tertiary/aromatic N) is 3. The van der Waals surface area contributed by atoms with E-state index in [1.807, 2.05) is 6.07 Å². The van der Waals surface area contributed by atoms with Crippen LogP contribution >= 0.6 is 6.64 Å². The topological polar surface area (TPSA) is 184 Å². The number of nitrogens with two attached hydrogens (primary N) is 1. The molecule has 1 aromatic heterocycles. The Labute approximate surface area is 237 Å². The van der Waals surface area contributed by atoms with E-state index in [9.17, 15) is 15.0 Å². The van der Waals surface area contributed by atoms with Gasteiger partial charge in [0.2, 0.25) is 0 Å². The van der Waals surface area contributed by atoms with Crippen LogP contribution in [0.25, 0.3) is 0 Å². The highest BCUT2D eigenvalue weighted by Gasteiger charge is 2.54. The molecule has 0 radical (unpaired) electrons. The summed E-state index contributed by atoms with van der Waals surface area (Å²) in [4.78, 5) is 20.9. The summed E-state index contributed by atoms with van der Waals surface area (Å²) in [5, 5.41) is 28.2. The molecule has 4 rings (SSSR count). The lowest BCUT2D eigenvalue weighted by atomic mass is 9.96. The zero-order valence-corrected chi connectivity index (χ0v) is 24.5. The van der Waals surface area contributed by atoms with Gasteiger partial charge in [-0.2, -0.15) is 0 Å². The minimum Gasteiger partial charge on any atom is -0.462 e. The summed E-state index contributed by atoms with van der Waals surface area (Å²) in [7, 11) is 1.47. The van der Waals surface area contributed by atoms with Crippen molar-refractivity contribution in [2.75, 3.05) is 19.0 Å². The van der Waals surface area contributed by atoms with Crippen LogP contribution in [-0.2, 0) is 35.3 Å². The summed E-state index contributed by atoms with van der Waals surface area (Å²) in [6.07, 6.45) is -3.16. The summed E-state index contributed by atoms with van der Waals surface area (Å²) in [6.45, 7) is 2.82. The fourth-order valence-electron chi connectivity index (χ4n) is 4.25. The minimum absolute atomic E-state index is 0.0918.